The normalized spacial score (nSPS) is 12.9. The summed E-state index contributed by atoms with van der Waals surface area (Å²) >= 11 is 5.54. The molecule has 0 aliphatic rings. The highest BCUT2D eigenvalue weighted by atomic mass is 35.5. The summed E-state index contributed by atoms with van der Waals surface area (Å²) in [6.45, 7) is 2.44. The Kier molecular flexibility index (Phi) is 4.32. The van der Waals surface area contributed by atoms with Crippen LogP contribution in [0.2, 0.25) is 5.02 Å². The molecule has 0 heterocycles. The van der Waals surface area contributed by atoms with Crippen molar-refractivity contribution in [2.24, 2.45) is 0 Å². The molecule has 2 nitrogen and oxygen atoms in total. The summed E-state index contributed by atoms with van der Waals surface area (Å²) in [5.74, 6) is -0.414. The predicted molar refractivity (Wildman–Crippen MR) is 54.8 cm³/mol. The van der Waals surface area contributed by atoms with Crippen LogP contribution in [0.15, 0.2) is 18.2 Å². The molecule has 0 saturated carbocycles. The summed E-state index contributed by atoms with van der Waals surface area (Å²) in [6, 6.07) is 4.67. The highest BCUT2D eigenvalue weighted by molar-refractivity contribution is 6.30. The Morgan fingerprint density at radius 2 is 2.29 bits per heavy atom. The number of aliphatic hydroxyl groups excluding tert-OH is 1. The number of benzene rings is 1. The second kappa shape index (κ2) is 5.29. The Hall–Kier alpha value is -0.640. The summed E-state index contributed by atoms with van der Waals surface area (Å²) in [5.41, 5.74) is 0.812. The molecular weight excluding hydrogens is 205 g/mol. The summed E-state index contributed by atoms with van der Waals surface area (Å²) in [5, 5.41) is 11.9. The van der Waals surface area contributed by atoms with E-state index in [9.17, 15) is 4.39 Å². The third-order valence-corrected chi connectivity index (χ3v) is 2.22. The quantitative estimate of drug-likeness (QED) is 0.808. The minimum absolute atomic E-state index is 0.00809. The molecule has 78 valence electrons. The summed E-state index contributed by atoms with van der Waals surface area (Å²) in [7, 11) is 0. The van der Waals surface area contributed by atoms with Crippen LogP contribution >= 0.6 is 11.6 Å². The molecule has 0 aliphatic heterocycles. The van der Waals surface area contributed by atoms with Crippen LogP contribution < -0.4 is 5.32 Å². The van der Waals surface area contributed by atoms with E-state index < -0.39 is 5.82 Å². The van der Waals surface area contributed by atoms with Gasteiger partial charge in [-0.2, -0.15) is 0 Å². The average Bonchev–Trinajstić information content (AvgIpc) is 2.19. The van der Waals surface area contributed by atoms with Gasteiger partial charge in [0.15, 0.2) is 0 Å². The zero-order chi connectivity index (χ0) is 10.6. The Bertz CT molecular complexity index is 306. The minimum atomic E-state index is -0.414. The third kappa shape index (κ3) is 3.25. The molecule has 0 saturated heterocycles. The van der Waals surface area contributed by atoms with Crippen LogP contribution in [0.5, 0.6) is 0 Å². The number of hydrogen-bond acceptors (Lipinski definition) is 2. The maximum atomic E-state index is 13.0. The first-order valence-electron chi connectivity index (χ1n) is 4.41. The van der Waals surface area contributed by atoms with Crippen LogP contribution in [0.1, 0.15) is 12.5 Å². The molecular formula is C10H13ClFNO. The predicted octanol–water partition coefficient (Wildman–Crippen LogP) is 1.95. The molecule has 0 bridgehead atoms. The van der Waals surface area contributed by atoms with Crippen molar-refractivity contribution in [1.29, 1.82) is 0 Å². The molecule has 14 heavy (non-hydrogen) atoms. The van der Waals surface area contributed by atoms with Gasteiger partial charge in [-0.05, 0) is 24.6 Å². The van der Waals surface area contributed by atoms with Crippen LogP contribution in [0.3, 0.4) is 0 Å². The van der Waals surface area contributed by atoms with Crippen molar-refractivity contribution < 1.29 is 9.50 Å². The molecule has 0 aromatic heterocycles. The first-order valence-corrected chi connectivity index (χ1v) is 4.79. The summed E-state index contributed by atoms with van der Waals surface area (Å²) in [6.07, 6.45) is 0. The van der Waals surface area contributed by atoms with E-state index in [2.05, 4.69) is 5.32 Å². The number of hydrogen-bond donors (Lipinski definition) is 2. The standard InChI is InChI=1S/C10H13ClFNO/c1-7(6-14)13-5-8-2-3-9(11)10(12)4-8/h2-4,7,13-14H,5-6H2,1H3/t7-/m0/s1. The fourth-order valence-corrected chi connectivity index (χ4v) is 1.12. The zero-order valence-electron chi connectivity index (χ0n) is 7.93. The lowest BCUT2D eigenvalue weighted by Gasteiger charge is -2.10. The minimum Gasteiger partial charge on any atom is -0.395 e. The highest BCUT2D eigenvalue weighted by Gasteiger charge is 2.02. The van der Waals surface area contributed by atoms with Crippen molar-refractivity contribution in [2.45, 2.75) is 19.5 Å². The van der Waals surface area contributed by atoms with Crippen molar-refractivity contribution in [3.63, 3.8) is 0 Å². The van der Waals surface area contributed by atoms with Gasteiger partial charge in [0.25, 0.3) is 0 Å². The number of rotatable bonds is 4. The van der Waals surface area contributed by atoms with Crippen LogP contribution in [0, 0.1) is 5.82 Å². The fourth-order valence-electron chi connectivity index (χ4n) is 1.01. The van der Waals surface area contributed by atoms with Gasteiger partial charge >= 0.3 is 0 Å². The van der Waals surface area contributed by atoms with Gasteiger partial charge in [-0.25, -0.2) is 4.39 Å². The Labute approximate surface area is 87.7 Å². The van der Waals surface area contributed by atoms with Gasteiger partial charge in [0, 0.05) is 12.6 Å². The molecule has 0 fully saturated rings. The summed E-state index contributed by atoms with van der Waals surface area (Å²) in [4.78, 5) is 0. The lowest BCUT2D eigenvalue weighted by Crippen LogP contribution is -2.28. The van der Waals surface area contributed by atoms with Gasteiger partial charge in [0.05, 0.1) is 11.6 Å². The maximum absolute atomic E-state index is 13.0. The second-order valence-corrected chi connectivity index (χ2v) is 3.62. The molecule has 1 aromatic rings. The van der Waals surface area contributed by atoms with Crippen molar-refractivity contribution >= 4 is 11.6 Å². The van der Waals surface area contributed by atoms with E-state index in [0.29, 0.717) is 6.54 Å². The van der Waals surface area contributed by atoms with Crippen LogP contribution in [-0.2, 0) is 6.54 Å². The molecule has 0 spiro atoms. The first-order chi connectivity index (χ1) is 6.63. The van der Waals surface area contributed by atoms with Crippen molar-refractivity contribution in [3.8, 4) is 0 Å². The molecule has 1 aromatic carbocycles. The van der Waals surface area contributed by atoms with Crippen LogP contribution in [-0.4, -0.2) is 17.8 Å². The van der Waals surface area contributed by atoms with Crippen molar-refractivity contribution in [1.82, 2.24) is 5.32 Å². The second-order valence-electron chi connectivity index (χ2n) is 3.21. The van der Waals surface area contributed by atoms with E-state index in [4.69, 9.17) is 16.7 Å². The molecule has 0 unspecified atom stereocenters. The van der Waals surface area contributed by atoms with Crippen molar-refractivity contribution in [2.75, 3.05) is 6.61 Å². The van der Waals surface area contributed by atoms with Gasteiger partial charge in [-0.1, -0.05) is 17.7 Å². The van der Waals surface area contributed by atoms with Gasteiger partial charge in [0.1, 0.15) is 5.82 Å². The van der Waals surface area contributed by atoms with Crippen molar-refractivity contribution in [3.05, 3.63) is 34.6 Å². The zero-order valence-corrected chi connectivity index (χ0v) is 8.68. The Morgan fingerprint density at radius 3 is 2.86 bits per heavy atom. The van der Waals surface area contributed by atoms with Crippen LogP contribution in [0.4, 0.5) is 4.39 Å². The molecule has 4 heteroatoms. The molecule has 1 atom stereocenters. The highest BCUT2D eigenvalue weighted by Crippen LogP contribution is 2.15. The van der Waals surface area contributed by atoms with Gasteiger partial charge < -0.3 is 10.4 Å². The van der Waals surface area contributed by atoms with E-state index in [0.717, 1.165) is 5.56 Å². The summed E-state index contributed by atoms with van der Waals surface area (Å²) < 4.78 is 13.0. The van der Waals surface area contributed by atoms with Gasteiger partial charge in [0.2, 0.25) is 0 Å². The van der Waals surface area contributed by atoms with E-state index in [1.54, 1.807) is 6.07 Å². The smallest absolute Gasteiger partial charge is 0.142 e. The van der Waals surface area contributed by atoms with E-state index >= 15 is 0 Å². The maximum Gasteiger partial charge on any atom is 0.142 e. The van der Waals surface area contributed by atoms with E-state index in [1.165, 1.54) is 12.1 Å². The van der Waals surface area contributed by atoms with Crippen LogP contribution in [0.25, 0.3) is 0 Å². The van der Waals surface area contributed by atoms with Gasteiger partial charge in [-0.3, -0.25) is 0 Å². The largest absolute Gasteiger partial charge is 0.395 e. The monoisotopic (exact) mass is 217 g/mol. The SMILES string of the molecule is C[C@@H](CO)NCc1ccc(Cl)c(F)c1. The average molecular weight is 218 g/mol. The molecule has 1 rings (SSSR count). The lowest BCUT2D eigenvalue weighted by atomic mass is 10.2. The first kappa shape index (κ1) is 11.4. The lowest BCUT2D eigenvalue weighted by molar-refractivity contribution is 0.251. The van der Waals surface area contributed by atoms with Gasteiger partial charge in [-0.15, -0.1) is 0 Å². The molecule has 0 radical (unpaired) electrons. The number of halogens is 2. The third-order valence-electron chi connectivity index (χ3n) is 1.91. The van der Waals surface area contributed by atoms with E-state index in [-0.39, 0.29) is 17.7 Å². The molecule has 0 aliphatic carbocycles. The molecule has 2 N–H and O–H groups in total. The van der Waals surface area contributed by atoms with E-state index in [1.807, 2.05) is 6.92 Å². The fraction of sp³-hybridized carbons (Fsp3) is 0.400. The number of aliphatic hydroxyl groups is 1. The Balaban J connectivity index is 2.55. The Morgan fingerprint density at radius 1 is 1.57 bits per heavy atom. The number of nitrogens with one attached hydrogen (secondary N) is 1. The topological polar surface area (TPSA) is 32.3 Å². The molecule has 0 amide bonds.